The zero-order valence-electron chi connectivity index (χ0n) is 20.6. The molecule has 3 heteroatoms. The molecule has 0 radical (unpaired) electrons. The Morgan fingerprint density at radius 1 is 0.971 bits per heavy atom. The number of hydrogen-bond acceptors (Lipinski definition) is 2. The lowest BCUT2D eigenvalue weighted by molar-refractivity contribution is -0.401. The molecule has 2 aliphatic heterocycles. The first kappa shape index (κ1) is 21.7. The van der Waals surface area contributed by atoms with Crippen molar-refractivity contribution in [2.75, 3.05) is 18.2 Å². The molecule has 3 aromatic rings. The molecular formula is C31H33N2S+. The number of fused-ring (bicyclic) bond motifs is 4. The van der Waals surface area contributed by atoms with Crippen LogP contribution in [-0.2, 0) is 5.41 Å². The van der Waals surface area contributed by atoms with Crippen molar-refractivity contribution in [3.05, 3.63) is 89.5 Å². The second kappa shape index (κ2) is 8.16. The Labute approximate surface area is 208 Å². The number of allylic oxidation sites excluding steroid dienone is 1. The van der Waals surface area contributed by atoms with Crippen LogP contribution in [0.15, 0.2) is 77.7 Å². The maximum atomic E-state index is 2.61. The van der Waals surface area contributed by atoms with Crippen LogP contribution in [0.1, 0.15) is 55.7 Å². The van der Waals surface area contributed by atoms with Gasteiger partial charge in [-0.3, -0.25) is 0 Å². The van der Waals surface area contributed by atoms with Crippen molar-refractivity contribution in [3.8, 4) is 0 Å². The molecule has 2 atom stereocenters. The highest BCUT2D eigenvalue weighted by atomic mass is 32.2. The molecular weight excluding hydrogens is 432 g/mol. The zero-order chi connectivity index (χ0) is 23.4. The Hall–Kier alpha value is -2.78. The van der Waals surface area contributed by atoms with Crippen LogP contribution in [0.2, 0.25) is 0 Å². The average molecular weight is 466 g/mol. The van der Waals surface area contributed by atoms with Crippen LogP contribution in [0.25, 0.3) is 6.08 Å². The maximum absolute atomic E-state index is 2.61. The summed E-state index contributed by atoms with van der Waals surface area (Å²) in [5.74, 6) is 0.645. The molecule has 2 nitrogen and oxygen atoms in total. The van der Waals surface area contributed by atoms with Crippen molar-refractivity contribution >= 4 is 40.6 Å². The van der Waals surface area contributed by atoms with Gasteiger partial charge in [0.25, 0.3) is 0 Å². The van der Waals surface area contributed by atoms with Crippen molar-refractivity contribution in [2.24, 2.45) is 0 Å². The van der Waals surface area contributed by atoms with E-state index in [1.807, 2.05) is 11.8 Å². The van der Waals surface area contributed by atoms with Crippen LogP contribution in [0.5, 0.6) is 0 Å². The number of benzene rings is 3. The van der Waals surface area contributed by atoms with Crippen LogP contribution in [0.3, 0.4) is 0 Å². The SMILES string of the molecule is CSc1ccc(N2c3ccc(/C=C/C4=[N+](C)c5ccccc5C4(C)C)cc3C3CCCC32)cc1. The van der Waals surface area contributed by atoms with E-state index < -0.39 is 0 Å². The summed E-state index contributed by atoms with van der Waals surface area (Å²) in [7, 11) is 2.19. The summed E-state index contributed by atoms with van der Waals surface area (Å²) in [6, 6.07) is 25.6. The summed E-state index contributed by atoms with van der Waals surface area (Å²) in [6.45, 7) is 4.67. The van der Waals surface area contributed by atoms with Crippen molar-refractivity contribution in [3.63, 3.8) is 0 Å². The van der Waals surface area contributed by atoms with E-state index in [4.69, 9.17) is 0 Å². The minimum absolute atomic E-state index is 0.00879. The predicted octanol–water partition coefficient (Wildman–Crippen LogP) is 7.92. The highest BCUT2D eigenvalue weighted by molar-refractivity contribution is 7.98. The van der Waals surface area contributed by atoms with Crippen LogP contribution < -0.4 is 4.90 Å². The zero-order valence-corrected chi connectivity index (χ0v) is 21.4. The number of anilines is 2. The van der Waals surface area contributed by atoms with Crippen LogP contribution in [0, 0.1) is 0 Å². The summed E-state index contributed by atoms with van der Waals surface area (Å²) in [4.78, 5) is 3.94. The molecule has 2 heterocycles. The van der Waals surface area contributed by atoms with Gasteiger partial charge in [-0.1, -0.05) is 30.7 Å². The smallest absolute Gasteiger partial charge is 0.209 e. The Bertz CT molecular complexity index is 1320. The van der Waals surface area contributed by atoms with Crippen LogP contribution >= 0.6 is 11.8 Å². The van der Waals surface area contributed by atoms with Gasteiger partial charge < -0.3 is 4.90 Å². The molecule has 0 spiro atoms. The summed E-state index contributed by atoms with van der Waals surface area (Å²) in [5.41, 5.74) is 9.66. The maximum Gasteiger partial charge on any atom is 0.209 e. The van der Waals surface area contributed by atoms with Crippen molar-refractivity contribution in [1.29, 1.82) is 0 Å². The second-order valence-electron chi connectivity index (χ2n) is 10.4. The van der Waals surface area contributed by atoms with Crippen molar-refractivity contribution in [1.82, 2.24) is 0 Å². The summed E-state index contributed by atoms with van der Waals surface area (Å²) in [6.07, 6.45) is 10.7. The summed E-state index contributed by atoms with van der Waals surface area (Å²) < 4.78 is 2.35. The van der Waals surface area contributed by atoms with E-state index in [1.54, 1.807) is 0 Å². The van der Waals surface area contributed by atoms with Gasteiger partial charge in [0.05, 0.1) is 5.41 Å². The molecule has 1 fully saturated rings. The number of rotatable bonds is 4. The topological polar surface area (TPSA) is 6.25 Å². The third-order valence-corrected chi connectivity index (χ3v) is 8.99. The predicted molar refractivity (Wildman–Crippen MR) is 147 cm³/mol. The first-order valence-corrected chi connectivity index (χ1v) is 13.7. The van der Waals surface area contributed by atoms with E-state index in [9.17, 15) is 0 Å². The average Bonchev–Trinajstić information content (AvgIpc) is 3.49. The highest BCUT2D eigenvalue weighted by Gasteiger charge is 2.43. The summed E-state index contributed by atoms with van der Waals surface area (Å²) in [5, 5.41) is 0. The van der Waals surface area contributed by atoms with E-state index in [-0.39, 0.29) is 5.41 Å². The highest BCUT2D eigenvalue weighted by Crippen LogP contribution is 2.52. The second-order valence-corrected chi connectivity index (χ2v) is 11.3. The molecule has 1 aliphatic carbocycles. The third kappa shape index (κ3) is 3.28. The Kier molecular flexibility index (Phi) is 5.22. The number of nitrogens with zero attached hydrogens (tertiary/aromatic N) is 2. The fourth-order valence-corrected chi connectivity index (χ4v) is 6.94. The molecule has 0 N–H and O–H groups in total. The molecule has 0 saturated heterocycles. The normalized spacial score (nSPS) is 22.4. The Morgan fingerprint density at radius 2 is 1.76 bits per heavy atom. The largest absolute Gasteiger partial charge is 0.338 e. The van der Waals surface area contributed by atoms with Gasteiger partial charge in [-0.25, -0.2) is 0 Å². The molecule has 1 saturated carbocycles. The van der Waals surface area contributed by atoms with Gasteiger partial charge in [-0.05, 0) is 86.5 Å². The first-order valence-electron chi connectivity index (χ1n) is 12.4. The first-order chi connectivity index (χ1) is 16.5. The van der Waals surface area contributed by atoms with Crippen LogP contribution in [-0.4, -0.2) is 29.6 Å². The molecule has 2 unspecified atom stereocenters. The van der Waals surface area contributed by atoms with Gasteiger partial charge in [0.2, 0.25) is 5.69 Å². The molecule has 0 bridgehead atoms. The standard InChI is InChI=1S/C31H33N2S/c1-31(2)26-9-5-6-10-29(26)32(3)30(31)19-13-21-12-18-28-25(20-21)24-8-7-11-27(24)33(28)22-14-16-23(34-4)17-15-22/h5-6,9-10,12-20,24,27H,7-8,11H2,1-4H3/q+1. The van der Waals surface area contributed by atoms with Gasteiger partial charge in [0.1, 0.15) is 7.05 Å². The van der Waals surface area contributed by atoms with Crippen molar-refractivity contribution in [2.45, 2.75) is 55.4 Å². The number of para-hydroxylation sites is 1. The van der Waals surface area contributed by atoms with Gasteiger partial charge in [0, 0.05) is 45.9 Å². The van der Waals surface area contributed by atoms with E-state index >= 15 is 0 Å². The molecule has 3 aromatic carbocycles. The van der Waals surface area contributed by atoms with Gasteiger partial charge in [0.15, 0.2) is 5.71 Å². The molecule has 34 heavy (non-hydrogen) atoms. The van der Waals surface area contributed by atoms with Gasteiger partial charge >= 0.3 is 0 Å². The minimum Gasteiger partial charge on any atom is -0.338 e. The van der Waals surface area contributed by atoms with Gasteiger partial charge in [-0.15, -0.1) is 11.8 Å². The fourth-order valence-electron chi connectivity index (χ4n) is 6.53. The lowest BCUT2D eigenvalue weighted by Gasteiger charge is -2.27. The monoisotopic (exact) mass is 465 g/mol. The molecule has 3 aliphatic rings. The van der Waals surface area contributed by atoms with Gasteiger partial charge in [-0.2, -0.15) is 4.58 Å². The van der Waals surface area contributed by atoms with E-state index in [2.05, 4.69) is 116 Å². The molecule has 6 rings (SSSR count). The molecule has 0 aromatic heterocycles. The fraction of sp³-hybridized carbons (Fsp3) is 0.323. The Balaban J connectivity index is 1.34. The lowest BCUT2D eigenvalue weighted by atomic mass is 9.81. The van der Waals surface area contributed by atoms with E-state index in [1.165, 1.54) is 63.6 Å². The van der Waals surface area contributed by atoms with Crippen LogP contribution in [0.4, 0.5) is 17.1 Å². The van der Waals surface area contributed by atoms with E-state index in [0.29, 0.717) is 12.0 Å². The quantitative estimate of drug-likeness (QED) is 0.285. The Morgan fingerprint density at radius 3 is 2.53 bits per heavy atom. The van der Waals surface area contributed by atoms with E-state index in [0.717, 1.165) is 0 Å². The number of hydrogen-bond donors (Lipinski definition) is 0. The lowest BCUT2D eigenvalue weighted by Crippen LogP contribution is -2.26. The third-order valence-electron chi connectivity index (χ3n) is 8.25. The van der Waals surface area contributed by atoms with Crippen molar-refractivity contribution < 1.29 is 4.58 Å². The minimum atomic E-state index is 0.00879. The molecule has 172 valence electrons. The summed E-state index contributed by atoms with van der Waals surface area (Å²) >= 11 is 1.81. The molecule has 0 amide bonds. The number of thioether (sulfide) groups is 1.